The third-order valence-electron chi connectivity index (χ3n) is 2.19. The van der Waals surface area contributed by atoms with E-state index in [0.29, 0.717) is 5.92 Å². The average Bonchev–Trinajstić information content (AvgIpc) is 2.99. The smallest absolute Gasteiger partial charge is 0.287 e. The zero-order chi connectivity index (χ0) is 11.3. The molecule has 0 spiro atoms. The van der Waals surface area contributed by atoms with Crippen LogP contribution in [0, 0.1) is 5.92 Å². The molecule has 3 N–H and O–H groups in total. The molecule has 0 aromatic rings. The third kappa shape index (κ3) is 5.64. The van der Waals surface area contributed by atoms with Gasteiger partial charge in [-0.2, -0.15) is 0 Å². The zero-order valence-corrected chi connectivity index (χ0v) is 8.43. The maximum absolute atomic E-state index is 12.5. The van der Waals surface area contributed by atoms with Gasteiger partial charge in [-0.25, -0.2) is 8.78 Å². The fourth-order valence-corrected chi connectivity index (χ4v) is 1.06. The van der Waals surface area contributed by atoms with Crippen LogP contribution in [0.25, 0.3) is 0 Å². The van der Waals surface area contributed by atoms with Gasteiger partial charge in [-0.15, -0.1) is 0 Å². The Hall–Kier alpha value is -0.750. The zero-order valence-electron chi connectivity index (χ0n) is 8.43. The van der Waals surface area contributed by atoms with E-state index in [4.69, 9.17) is 5.11 Å². The van der Waals surface area contributed by atoms with E-state index in [2.05, 4.69) is 10.6 Å². The molecule has 0 aliphatic heterocycles. The van der Waals surface area contributed by atoms with Crippen molar-refractivity contribution in [2.24, 2.45) is 5.92 Å². The molecule has 0 bridgehead atoms. The molecule has 4 nitrogen and oxygen atoms in total. The number of hydrogen-bond donors (Lipinski definition) is 3. The molecule has 0 heterocycles. The number of hydrogen-bond acceptors (Lipinski definition) is 3. The molecule has 15 heavy (non-hydrogen) atoms. The molecular formula is C9H16F2N2O2. The van der Waals surface area contributed by atoms with Crippen LogP contribution in [-0.2, 0) is 4.79 Å². The van der Waals surface area contributed by atoms with E-state index < -0.39 is 25.0 Å². The topological polar surface area (TPSA) is 61.4 Å². The van der Waals surface area contributed by atoms with Crippen molar-refractivity contribution in [1.82, 2.24) is 10.6 Å². The Morgan fingerprint density at radius 2 is 2.13 bits per heavy atom. The van der Waals surface area contributed by atoms with Gasteiger partial charge in [0.05, 0.1) is 13.1 Å². The maximum atomic E-state index is 12.5. The number of amides is 1. The van der Waals surface area contributed by atoms with Gasteiger partial charge in [-0.05, 0) is 25.3 Å². The van der Waals surface area contributed by atoms with Crippen LogP contribution >= 0.6 is 0 Å². The second-order valence-corrected chi connectivity index (χ2v) is 3.87. The fourth-order valence-electron chi connectivity index (χ4n) is 1.06. The van der Waals surface area contributed by atoms with Gasteiger partial charge in [0, 0.05) is 0 Å². The SMILES string of the molecule is O=C(CNCC1CC1)NCC(F)(F)CO. The standard InChI is InChI=1S/C9H16F2N2O2/c10-9(11,6-14)5-13-8(15)4-12-3-7-1-2-7/h7,12,14H,1-6H2,(H,13,15). The molecule has 6 heteroatoms. The first-order valence-corrected chi connectivity index (χ1v) is 4.99. The van der Waals surface area contributed by atoms with E-state index >= 15 is 0 Å². The highest BCUT2D eigenvalue weighted by molar-refractivity contribution is 5.78. The van der Waals surface area contributed by atoms with Crippen LogP contribution in [0.4, 0.5) is 8.78 Å². The van der Waals surface area contributed by atoms with Crippen LogP contribution in [0.2, 0.25) is 0 Å². The van der Waals surface area contributed by atoms with Crippen LogP contribution in [-0.4, -0.2) is 43.2 Å². The van der Waals surface area contributed by atoms with Crippen molar-refractivity contribution in [2.45, 2.75) is 18.8 Å². The highest BCUT2D eigenvalue weighted by atomic mass is 19.3. The van der Waals surface area contributed by atoms with E-state index in [1.807, 2.05) is 0 Å². The lowest BCUT2D eigenvalue weighted by atomic mass is 10.3. The van der Waals surface area contributed by atoms with Crippen LogP contribution in [0.15, 0.2) is 0 Å². The van der Waals surface area contributed by atoms with E-state index in [1.165, 1.54) is 12.8 Å². The number of aliphatic hydroxyl groups is 1. The molecule has 0 saturated heterocycles. The Balaban J connectivity index is 2.01. The van der Waals surface area contributed by atoms with Gasteiger partial charge in [0.1, 0.15) is 6.61 Å². The second-order valence-electron chi connectivity index (χ2n) is 3.87. The molecule has 1 aliphatic carbocycles. The number of aliphatic hydroxyl groups excluding tert-OH is 1. The lowest BCUT2D eigenvalue weighted by Crippen LogP contribution is -2.42. The van der Waals surface area contributed by atoms with Crippen LogP contribution < -0.4 is 10.6 Å². The first-order chi connectivity index (χ1) is 7.03. The third-order valence-corrected chi connectivity index (χ3v) is 2.19. The van der Waals surface area contributed by atoms with Gasteiger partial charge in [0.15, 0.2) is 0 Å². The molecule has 0 radical (unpaired) electrons. The van der Waals surface area contributed by atoms with Crippen molar-refractivity contribution in [1.29, 1.82) is 0 Å². The molecular weight excluding hydrogens is 206 g/mol. The van der Waals surface area contributed by atoms with E-state index in [9.17, 15) is 13.6 Å². The van der Waals surface area contributed by atoms with Crippen molar-refractivity contribution < 1.29 is 18.7 Å². The van der Waals surface area contributed by atoms with Gasteiger partial charge < -0.3 is 15.7 Å². The van der Waals surface area contributed by atoms with Gasteiger partial charge in [-0.1, -0.05) is 0 Å². The van der Waals surface area contributed by atoms with Crippen molar-refractivity contribution in [3.63, 3.8) is 0 Å². The Kier molecular flexibility index (Phi) is 4.41. The van der Waals surface area contributed by atoms with Crippen LogP contribution in [0.5, 0.6) is 0 Å². The Morgan fingerprint density at radius 1 is 1.47 bits per heavy atom. The van der Waals surface area contributed by atoms with Gasteiger partial charge in [-0.3, -0.25) is 4.79 Å². The molecule has 1 rings (SSSR count). The summed E-state index contributed by atoms with van der Waals surface area (Å²) < 4.78 is 25.0. The average molecular weight is 222 g/mol. The largest absolute Gasteiger partial charge is 0.390 e. The summed E-state index contributed by atoms with van der Waals surface area (Å²) in [5.41, 5.74) is 0. The highest BCUT2D eigenvalue weighted by Gasteiger charge is 2.28. The summed E-state index contributed by atoms with van der Waals surface area (Å²) >= 11 is 0. The van der Waals surface area contributed by atoms with Crippen molar-refractivity contribution in [3.8, 4) is 0 Å². The molecule has 0 aromatic carbocycles. The number of carbonyl (C=O) groups is 1. The van der Waals surface area contributed by atoms with Crippen LogP contribution in [0.3, 0.4) is 0 Å². The minimum atomic E-state index is -3.23. The summed E-state index contributed by atoms with van der Waals surface area (Å²) in [5.74, 6) is -3.05. The number of halogens is 2. The predicted molar refractivity (Wildman–Crippen MR) is 50.6 cm³/mol. The summed E-state index contributed by atoms with van der Waals surface area (Å²) in [6, 6.07) is 0. The molecule has 1 fully saturated rings. The predicted octanol–water partition coefficient (Wildman–Crippen LogP) is -0.270. The van der Waals surface area contributed by atoms with Gasteiger partial charge in [0.25, 0.3) is 5.92 Å². The van der Waals surface area contributed by atoms with Gasteiger partial charge in [0.2, 0.25) is 5.91 Å². The minimum Gasteiger partial charge on any atom is -0.390 e. The maximum Gasteiger partial charge on any atom is 0.287 e. The monoisotopic (exact) mass is 222 g/mol. The molecule has 1 aliphatic rings. The normalized spacial score (nSPS) is 16.5. The van der Waals surface area contributed by atoms with Gasteiger partial charge >= 0.3 is 0 Å². The summed E-state index contributed by atoms with van der Waals surface area (Å²) in [5, 5.41) is 13.2. The highest BCUT2D eigenvalue weighted by Crippen LogP contribution is 2.27. The Labute approximate surface area is 87.0 Å². The summed E-state index contributed by atoms with van der Waals surface area (Å²) in [4.78, 5) is 11.0. The molecule has 0 atom stereocenters. The molecule has 1 amide bonds. The van der Waals surface area contributed by atoms with E-state index in [1.54, 1.807) is 0 Å². The van der Waals surface area contributed by atoms with Crippen molar-refractivity contribution in [2.75, 3.05) is 26.2 Å². The Morgan fingerprint density at radius 3 is 2.67 bits per heavy atom. The molecule has 1 saturated carbocycles. The van der Waals surface area contributed by atoms with Crippen molar-refractivity contribution in [3.05, 3.63) is 0 Å². The lowest BCUT2D eigenvalue weighted by molar-refractivity contribution is -0.123. The minimum absolute atomic E-state index is 0.0536. The second kappa shape index (κ2) is 5.37. The lowest BCUT2D eigenvalue weighted by Gasteiger charge is -2.13. The number of nitrogens with one attached hydrogen (secondary N) is 2. The molecule has 88 valence electrons. The number of rotatable bonds is 7. The van der Waals surface area contributed by atoms with E-state index in [0.717, 1.165) is 6.54 Å². The first kappa shape index (κ1) is 12.3. The fraction of sp³-hybridized carbons (Fsp3) is 0.889. The molecule has 0 unspecified atom stereocenters. The van der Waals surface area contributed by atoms with E-state index in [-0.39, 0.29) is 6.54 Å². The molecule has 0 aromatic heterocycles. The Bertz CT molecular complexity index is 220. The number of carbonyl (C=O) groups excluding carboxylic acids is 1. The van der Waals surface area contributed by atoms with Crippen LogP contribution in [0.1, 0.15) is 12.8 Å². The quantitative estimate of drug-likeness (QED) is 0.555. The number of alkyl halides is 2. The van der Waals surface area contributed by atoms with Crippen molar-refractivity contribution >= 4 is 5.91 Å². The summed E-state index contributed by atoms with van der Waals surface area (Å²) in [6.07, 6.45) is 2.36. The summed E-state index contributed by atoms with van der Waals surface area (Å²) in [6.45, 7) is -1.24. The first-order valence-electron chi connectivity index (χ1n) is 4.99. The summed E-state index contributed by atoms with van der Waals surface area (Å²) in [7, 11) is 0.